The Bertz CT molecular complexity index is 80.0. The van der Waals surface area contributed by atoms with Crippen LogP contribution in [0.2, 0.25) is 0 Å². The molecule has 0 rings (SSSR count). The summed E-state index contributed by atoms with van der Waals surface area (Å²) in [6.45, 7) is 17.5. The molecule has 0 heterocycles. The molecule has 0 saturated heterocycles. The van der Waals surface area contributed by atoms with Crippen molar-refractivity contribution in [3.63, 3.8) is 0 Å². The van der Waals surface area contributed by atoms with E-state index in [0.29, 0.717) is 0 Å². The van der Waals surface area contributed by atoms with Gasteiger partial charge in [-0.15, -0.1) is 0 Å². The van der Waals surface area contributed by atoms with Crippen LogP contribution in [0.15, 0.2) is 0 Å². The third-order valence-electron chi connectivity index (χ3n) is 2.94. The van der Waals surface area contributed by atoms with Crippen molar-refractivity contribution in [3.05, 3.63) is 0 Å². The summed E-state index contributed by atoms with van der Waals surface area (Å²) < 4.78 is 0. The molecule has 0 amide bonds. The van der Waals surface area contributed by atoms with Gasteiger partial charge in [0.2, 0.25) is 0 Å². The molecule has 0 fully saturated rings. The van der Waals surface area contributed by atoms with Crippen molar-refractivity contribution in [2.24, 2.45) is 11.8 Å². The summed E-state index contributed by atoms with van der Waals surface area (Å²) in [6.07, 6.45) is 8.28. The fraction of sp³-hybridized carbons (Fsp3) is 1.00. The second-order valence-corrected chi connectivity index (χ2v) is 4.63. The molecule has 0 aromatic heterocycles. The van der Waals surface area contributed by atoms with Crippen LogP contribution in [0.4, 0.5) is 0 Å². The third-order valence-corrected chi connectivity index (χ3v) is 2.94. The van der Waals surface area contributed by atoms with Gasteiger partial charge >= 0.3 is 0 Å². The topological polar surface area (TPSA) is 0 Å². The van der Waals surface area contributed by atoms with E-state index >= 15 is 0 Å². The van der Waals surface area contributed by atoms with Crippen molar-refractivity contribution in [1.82, 2.24) is 0 Å². The summed E-state index contributed by atoms with van der Waals surface area (Å²) in [5, 5.41) is 0. The minimum Gasteiger partial charge on any atom is -0.0683 e. The number of rotatable bonds is 6. The highest BCUT2D eigenvalue weighted by molar-refractivity contribution is 4.53. The monoisotopic (exact) mass is 230 g/mol. The van der Waals surface area contributed by atoms with E-state index in [-0.39, 0.29) is 0 Å². The molecular weight excluding hydrogens is 192 g/mol. The summed E-state index contributed by atoms with van der Waals surface area (Å²) >= 11 is 0. The average Bonchev–Trinajstić information content (AvgIpc) is 2.34. The lowest BCUT2D eigenvalue weighted by Gasteiger charge is -2.09. The van der Waals surface area contributed by atoms with Crippen molar-refractivity contribution in [1.29, 1.82) is 0 Å². The van der Waals surface area contributed by atoms with E-state index in [1.165, 1.54) is 38.5 Å². The quantitative estimate of drug-likeness (QED) is 0.477. The Labute approximate surface area is 106 Å². The lowest BCUT2D eigenvalue weighted by molar-refractivity contribution is 0.438. The van der Waals surface area contributed by atoms with Crippen molar-refractivity contribution in [3.8, 4) is 0 Å². The lowest BCUT2D eigenvalue weighted by atomic mass is 9.97. The van der Waals surface area contributed by atoms with Crippen LogP contribution < -0.4 is 0 Å². The van der Waals surface area contributed by atoms with E-state index in [0.717, 1.165) is 11.8 Å². The van der Waals surface area contributed by atoms with Gasteiger partial charge in [-0.3, -0.25) is 0 Å². The second-order valence-electron chi connectivity index (χ2n) is 4.63. The molecule has 0 saturated carbocycles. The predicted octanol–water partition coefficient (Wildman–Crippen LogP) is 6.69. The first-order valence-corrected chi connectivity index (χ1v) is 7.62. The smallest absolute Gasteiger partial charge is 0.0420 e. The number of hydrogen-bond donors (Lipinski definition) is 0. The zero-order valence-electron chi connectivity index (χ0n) is 13.4. The minimum atomic E-state index is 0.884. The lowest BCUT2D eigenvalue weighted by Crippen LogP contribution is -1.95. The van der Waals surface area contributed by atoms with Gasteiger partial charge in [0.05, 0.1) is 0 Å². The molecule has 102 valence electrons. The average molecular weight is 230 g/mol. The molecule has 0 N–H and O–H groups in total. The highest BCUT2D eigenvalue weighted by Crippen LogP contribution is 2.15. The van der Waals surface area contributed by atoms with Crippen LogP contribution in [-0.4, -0.2) is 0 Å². The molecule has 0 aromatic rings. The Hall–Kier alpha value is 0. The Morgan fingerprint density at radius 1 is 0.750 bits per heavy atom. The van der Waals surface area contributed by atoms with E-state index in [2.05, 4.69) is 41.5 Å². The second kappa shape index (κ2) is 20.4. The third kappa shape index (κ3) is 23.7. The fourth-order valence-corrected chi connectivity index (χ4v) is 1.19. The van der Waals surface area contributed by atoms with Crippen molar-refractivity contribution in [2.45, 2.75) is 93.9 Å². The molecular formula is C16H38. The van der Waals surface area contributed by atoms with Gasteiger partial charge in [-0.2, -0.15) is 0 Å². The van der Waals surface area contributed by atoms with Crippen molar-refractivity contribution >= 4 is 0 Å². The summed E-state index contributed by atoms with van der Waals surface area (Å²) in [6, 6.07) is 0. The molecule has 0 spiro atoms. The van der Waals surface area contributed by atoms with E-state index in [9.17, 15) is 0 Å². The first-order valence-electron chi connectivity index (χ1n) is 7.62. The molecule has 0 aromatic carbocycles. The van der Waals surface area contributed by atoms with Gasteiger partial charge in [0.1, 0.15) is 0 Å². The maximum absolute atomic E-state index is 2.30. The van der Waals surface area contributed by atoms with Crippen LogP contribution in [-0.2, 0) is 0 Å². The number of hydrogen-bond acceptors (Lipinski definition) is 0. The SMILES string of the molecule is CC.CCC(C)C.CCCCC(CC)CC. The Balaban J connectivity index is -0.000000205. The zero-order valence-corrected chi connectivity index (χ0v) is 13.4. The minimum absolute atomic E-state index is 0.884. The molecule has 16 heavy (non-hydrogen) atoms. The first-order chi connectivity index (χ1) is 7.62. The first kappa shape index (κ1) is 21.3. The molecule has 0 nitrogen and oxygen atoms in total. The summed E-state index contributed by atoms with van der Waals surface area (Å²) in [5.41, 5.74) is 0. The van der Waals surface area contributed by atoms with Gasteiger partial charge in [0.25, 0.3) is 0 Å². The van der Waals surface area contributed by atoms with Gasteiger partial charge in [-0.05, 0) is 11.8 Å². The fourth-order valence-electron chi connectivity index (χ4n) is 1.19. The van der Waals surface area contributed by atoms with Gasteiger partial charge < -0.3 is 0 Å². The molecule has 0 heteroatoms. The molecule has 0 atom stereocenters. The molecule has 0 unspecified atom stereocenters. The number of unbranched alkanes of at least 4 members (excludes halogenated alkanes) is 1. The van der Waals surface area contributed by atoms with Crippen LogP contribution in [0.5, 0.6) is 0 Å². The Morgan fingerprint density at radius 2 is 1.12 bits per heavy atom. The van der Waals surface area contributed by atoms with Gasteiger partial charge in [-0.1, -0.05) is 93.9 Å². The standard InChI is InChI=1S/C9H20.C5H12.C2H6/c1-4-7-8-9(5-2)6-3;1-4-5(2)3;1-2/h9H,4-8H2,1-3H3;5H,4H2,1-3H3;1-2H3. The molecule has 0 bridgehead atoms. The molecule has 0 aliphatic heterocycles. The summed E-state index contributed by atoms with van der Waals surface area (Å²) in [4.78, 5) is 0. The van der Waals surface area contributed by atoms with Crippen molar-refractivity contribution < 1.29 is 0 Å². The van der Waals surface area contributed by atoms with Crippen molar-refractivity contribution in [2.75, 3.05) is 0 Å². The maximum atomic E-state index is 2.30. The Kier molecular flexibility index (Phi) is 27.2. The zero-order chi connectivity index (χ0) is 13.4. The summed E-state index contributed by atoms with van der Waals surface area (Å²) in [7, 11) is 0. The molecule has 0 radical (unpaired) electrons. The Morgan fingerprint density at radius 3 is 1.31 bits per heavy atom. The van der Waals surface area contributed by atoms with Gasteiger partial charge in [-0.25, -0.2) is 0 Å². The van der Waals surface area contributed by atoms with Gasteiger partial charge in [0, 0.05) is 0 Å². The van der Waals surface area contributed by atoms with E-state index in [4.69, 9.17) is 0 Å². The van der Waals surface area contributed by atoms with E-state index in [1.54, 1.807) is 0 Å². The maximum Gasteiger partial charge on any atom is -0.0420 e. The van der Waals surface area contributed by atoms with Crippen LogP contribution in [0, 0.1) is 11.8 Å². The van der Waals surface area contributed by atoms with Crippen LogP contribution >= 0.6 is 0 Å². The largest absolute Gasteiger partial charge is 0.0683 e. The highest BCUT2D eigenvalue weighted by Gasteiger charge is 2.00. The van der Waals surface area contributed by atoms with Crippen LogP contribution in [0.3, 0.4) is 0 Å². The predicted molar refractivity (Wildman–Crippen MR) is 80.1 cm³/mol. The normalized spacial score (nSPS) is 9.38. The van der Waals surface area contributed by atoms with E-state index in [1.807, 2.05) is 13.8 Å². The molecule has 0 aliphatic rings. The highest BCUT2D eigenvalue weighted by atomic mass is 14.1. The van der Waals surface area contributed by atoms with Crippen LogP contribution in [0.25, 0.3) is 0 Å². The molecule has 0 aliphatic carbocycles. The van der Waals surface area contributed by atoms with Gasteiger partial charge in [0.15, 0.2) is 0 Å². The van der Waals surface area contributed by atoms with Crippen LogP contribution in [0.1, 0.15) is 93.9 Å². The summed E-state index contributed by atoms with van der Waals surface area (Å²) in [5.74, 6) is 1.89. The van der Waals surface area contributed by atoms with E-state index < -0.39 is 0 Å².